The van der Waals surface area contributed by atoms with Crippen molar-refractivity contribution in [3.63, 3.8) is 0 Å². The summed E-state index contributed by atoms with van der Waals surface area (Å²) >= 11 is 7.27. The summed E-state index contributed by atoms with van der Waals surface area (Å²) in [4.78, 5) is 0. The van der Waals surface area contributed by atoms with Gasteiger partial charge in [0.1, 0.15) is 23.0 Å². The Balaban J connectivity index is 1.91. The van der Waals surface area contributed by atoms with Gasteiger partial charge in [0.25, 0.3) is 0 Å². The van der Waals surface area contributed by atoms with Crippen LogP contribution in [0.3, 0.4) is 0 Å². The van der Waals surface area contributed by atoms with E-state index in [4.69, 9.17) is 18.9 Å². The Kier molecular flexibility index (Phi) is 7.92. The van der Waals surface area contributed by atoms with E-state index in [0.717, 1.165) is 98.5 Å². The van der Waals surface area contributed by atoms with Crippen LogP contribution < -0.4 is 18.9 Å². The van der Waals surface area contributed by atoms with Crippen LogP contribution in [0.4, 0.5) is 0 Å². The van der Waals surface area contributed by atoms with Gasteiger partial charge in [-0.2, -0.15) is 0 Å². The van der Waals surface area contributed by atoms with Gasteiger partial charge in [0.15, 0.2) is 0 Å². The zero-order chi connectivity index (χ0) is 31.4. The molecule has 0 unspecified atom stereocenters. The Morgan fingerprint density at radius 1 is 0.500 bits per heavy atom. The third kappa shape index (κ3) is 4.49. The maximum Gasteiger partial charge on any atom is 0.132 e. The van der Waals surface area contributed by atoms with Crippen LogP contribution in [0.1, 0.15) is 11.1 Å². The number of halogens is 2. The molecule has 0 saturated heterocycles. The fourth-order valence-electron chi connectivity index (χ4n) is 6.65. The summed E-state index contributed by atoms with van der Waals surface area (Å²) in [6, 6.07) is 20.9. The van der Waals surface area contributed by atoms with Crippen LogP contribution >= 0.6 is 31.9 Å². The second-order valence-corrected chi connectivity index (χ2v) is 12.7. The average molecular weight is 718 g/mol. The lowest BCUT2D eigenvalue weighted by molar-refractivity contribution is 0.395. The van der Waals surface area contributed by atoms with Crippen molar-refractivity contribution < 1.29 is 18.9 Å². The molecule has 0 amide bonds. The summed E-state index contributed by atoms with van der Waals surface area (Å²) in [5, 5.41) is 2.05. The van der Waals surface area contributed by atoms with Crippen molar-refractivity contribution >= 4 is 53.7 Å². The number of hydrogen-bond donors (Lipinski definition) is 0. The van der Waals surface area contributed by atoms with Crippen molar-refractivity contribution in [3.05, 3.63) is 80.7 Å². The molecule has 2 aromatic heterocycles. The van der Waals surface area contributed by atoms with Gasteiger partial charge in [-0.3, -0.25) is 0 Å². The molecule has 0 atom stereocenters. The summed E-state index contributed by atoms with van der Waals surface area (Å²) < 4.78 is 30.4. The van der Waals surface area contributed by atoms with Crippen molar-refractivity contribution in [3.8, 4) is 56.6 Å². The van der Waals surface area contributed by atoms with Gasteiger partial charge in [-0.05, 0) is 49.2 Å². The first-order chi connectivity index (χ1) is 21.2. The van der Waals surface area contributed by atoms with E-state index < -0.39 is 0 Å². The number of methoxy groups -OCH3 is 4. The first-order valence-corrected chi connectivity index (χ1v) is 15.7. The summed E-state index contributed by atoms with van der Waals surface area (Å²) in [5.74, 6) is 3.05. The first-order valence-electron chi connectivity index (χ1n) is 14.2. The van der Waals surface area contributed by atoms with E-state index in [9.17, 15) is 0 Å². The molecular formula is C36H34Br2N2O4. The van der Waals surface area contributed by atoms with Crippen LogP contribution in [-0.4, -0.2) is 37.6 Å². The van der Waals surface area contributed by atoms with Gasteiger partial charge in [0.2, 0.25) is 0 Å². The molecule has 44 heavy (non-hydrogen) atoms. The lowest BCUT2D eigenvalue weighted by Gasteiger charge is -2.14. The molecule has 6 nitrogen and oxygen atoms in total. The molecule has 0 radical (unpaired) electrons. The fourth-order valence-corrected chi connectivity index (χ4v) is 7.18. The van der Waals surface area contributed by atoms with Gasteiger partial charge in [0, 0.05) is 57.4 Å². The third-order valence-corrected chi connectivity index (χ3v) is 9.68. The number of fused-ring (bicyclic) bond motifs is 2. The zero-order valence-corrected chi connectivity index (χ0v) is 29.2. The third-order valence-electron chi connectivity index (χ3n) is 8.63. The molecule has 226 valence electrons. The summed E-state index contributed by atoms with van der Waals surface area (Å²) in [7, 11) is 11.1. The van der Waals surface area contributed by atoms with E-state index in [-0.39, 0.29) is 0 Å². The van der Waals surface area contributed by atoms with Crippen LogP contribution in [0.5, 0.6) is 23.0 Å². The number of hydrogen-bond acceptors (Lipinski definition) is 4. The van der Waals surface area contributed by atoms with E-state index in [2.05, 4.69) is 117 Å². The predicted molar refractivity (Wildman–Crippen MR) is 187 cm³/mol. The summed E-state index contributed by atoms with van der Waals surface area (Å²) in [5.41, 5.74) is 10.6. The minimum atomic E-state index is 0.751. The Hall–Kier alpha value is -3.88. The van der Waals surface area contributed by atoms with E-state index in [1.54, 1.807) is 28.4 Å². The number of ether oxygens (including phenoxy) is 4. The highest BCUT2D eigenvalue weighted by Crippen LogP contribution is 2.53. The first kappa shape index (κ1) is 30.2. The van der Waals surface area contributed by atoms with Gasteiger partial charge in [-0.15, -0.1) is 0 Å². The van der Waals surface area contributed by atoms with E-state index in [0.29, 0.717) is 0 Å². The molecule has 0 aliphatic heterocycles. The highest BCUT2D eigenvalue weighted by Gasteiger charge is 2.31. The summed E-state index contributed by atoms with van der Waals surface area (Å²) in [6.07, 6.45) is 0. The topological polar surface area (TPSA) is 46.8 Å². The second-order valence-electron chi connectivity index (χ2n) is 10.8. The van der Waals surface area contributed by atoms with Gasteiger partial charge in [-0.25, -0.2) is 0 Å². The Morgan fingerprint density at radius 3 is 1.11 bits per heavy atom. The van der Waals surface area contributed by atoms with Crippen molar-refractivity contribution in [2.75, 3.05) is 28.4 Å². The fraction of sp³-hybridized carbons (Fsp3) is 0.222. The van der Waals surface area contributed by atoms with E-state index >= 15 is 0 Å². The van der Waals surface area contributed by atoms with Gasteiger partial charge in [-0.1, -0.05) is 56.1 Å². The molecule has 4 aromatic carbocycles. The average Bonchev–Trinajstić information content (AvgIpc) is 3.50. The smallest absolute Gasteiger partial charge is 0.132 e. The number of nitrogens with zero attached hydrogens (tertiary/aromatic N) is 2. The van der Waals surface area contributed by atoms with Crippen molar-refractivity contribution in [1.82, 2.24) is 9.13 Å². The molecule has 0 saturated carbocycles. The molecule has 0 bridgehead atoms. The maximum atomic E-state index is 6.07. The molecule has 0 fully saturated rings. The van der Waals surface area contributed by atoms with Crippen LogP contribution in [0.2, 0.25) is 0 Å². The molecule has 0 spiro atoms. The van der Waals surface area contributed by atoms with Crippen molar-refractivity contribution in [2.45, 2.75) is 13.8 Å². The monoisotopic (exact) mass is 716 g/mol. The van der Waals surface area contributed by atoms with Crippen LogP contribution in [0, 0.1) is 13.8 Å². The van der Waals surface area contributed by atoms with Crippen molar-refractivity contribution in [2.24, 2.45) is 14.1 Å². The van der Waals surface area contributed by atoms with Crippen LogP contribution in [0.25, 0.3) is 55.4 Å². The molecule has 6 aromatic rings. The second kappa shape index (κ2) is 11.6. The Bertz CT molecular complexity index is 1910. The lowest BCUT2D eigenvalue weighted by Crippen LogP contribution is -2.01. The van der Waals surface area contributed by atoms with Crippen LogP contribution in [-0.2, 0) is 14.1 Å². The minimum Gasteiger partial charge on any atom is -0.496 e. The van der Waals surface area contributed by atoms with Gasteiger partial charge in [0.05, 0.1) is 61.6 Å². The predicted octanol–water partition coefficient (Wildman–Crippen LogP) is 9.85. The van der Waals surface area contributed by atoms with E-state index in [1.807, 2.05) is 12.1 Å². The molecule has 6 rings (SSSR count). The molecule has 2 heterocycles. The van der Waals surface area contributed by atoms with Gasteiger partial charge < -0.3 is 28.1 Å². The zero-order valence-electron chi connectivity index (χ0n) is 26.1. The minimum absolute atomic E-state index is 0.751. The standard InChI is InChI=1S/C36H34Br2N2O4/c1-19-25(41-5)17-27(43-7)31-29(21-9-13-23(37)14-10-21)35(39(3)33(19)31)36-30(22-11-15-24(38)16-12-22)32-28(44-8)18-26(42-6)20(2)34(32)40(36)4/h9-18H,1-8H3. The number of benzene rings is 4. The quantitative estimate of drug-likeness (QED) is 0.165. The summed E-state index contributed by atoms with van der Waals surface area (Å²) in [6.45, 7) is 4.20. The van der Waals surface area contributed by atoms with Gasteiger partial charge >= 0.3 is 0 Å². The number of aryl methyl sites for hydroxylation is 4. The largest absolute Gasteiger partial charge is 0.496 e. The molecular weight excluding hydrogens is 684 g/mol. The number of rotatable bonds is 7. The molecule has 0 aliphatic carbocycles. The molecule has 0 aliphatic rings. The molecule has 0 N–H and O–H groups in total. The SMILES string of the molecule is COc1cc(OC)c2c(-c3ccc(Br)cc3)c(-c3c(-c4ccc(Br)cc4)c4c(OC)cc(OC)c(C)c4n3C)n(C)c2c1C. The van der Waals surface area contributed by atoms with Crippen LogP contribution in [0.15, 0.2) is 69.6 Å². The highest BCUT2D eigenvalue weighted by atomic mass is 79.9. The number of aromatic nitrogens is 2. The van der Waals surface area contributed by atoms with Crippen molar-refractivity contribution in [1.29, 1.82) is 0 Å². The Morgan fingerprint density at radius 2 is 0.818 bits per heavy atom. The highest BCUT2D eigenvalue weighted by molar-refractivity contribution is 9.10. The normalized spacial score (nSPS) is 11.4. The molecule has 8 heteroatoms. The maximum absolute atomic E-state index is 6.07. The van der Waals surface area contributed by atoms with E-state index in [1.165, 1.54) is 0 Å². The Labute approximate surface area is 274 Å². The lowest BCUT2D eigenvalue weighted by atomic mass is 9.94.